The average Bonchev–Trinajstić information content (AvgIpc) is 2.41. The van der Waals surface area contributed by atoms with Crippen LogP contribution >= 0.6 is 0 Å². The van der Waals surface area contributed by atoms with Crippen molar-refractivity contribution in [1.82, 2.24) is 14.6 Å². The molecule has 0 spiro atoms. The third kappa shape index (κ3) is 1.43. The molecule has 2 aromatic rings. The molecule has 0 saturated carbocycles. The van der Waals surface area contributed by atoms with Crippen LogP contribution in [0.4, 0.5) is 5.82 Å². The smallest absolute Gasteiger partial charge is 0.157 e. The zero-order valence-electron chi connectivity index (χ0n) is 8.65. The third-order valence-electron chi connectivity index (χ3n) is 2.20. The molecule has 0 aromatic carbocycles. The minimum absolute atomic E-state index is 0.0852. The highest BCUT2D eigenvalue weighted by Gasteiger charge is 2.15. The first-order valence-electron chi connectivity index (χ1n) is 4.58. The molecular weight excluding hydrogens is 176 g/mol. The largest absolute Gasteiger partial charge is 0.382 e. The molecule has 0 aliphatic rings. The SMILES string of the molecule is CC(C)(C)c1cnc2cc(N)nn2c1. The van der Waals surface area contributed by atoms with Crippen LogP contribution in [0.2, 0.25) is 0 Å². The van der Waals surface area contributed by atoms with E-state index in [-0.39, 0.29) is 5.41 Å². The standard InChI is InChI=1S/C10H14N4/c1-10(2,3)7-5-12-9-4-8(11)13-14(9)6-7/h4-6H,1-3H3,(H2,11,13). The number of hydrogen-bond acceptors (Lipinski definition) is 3. The van der Waals surface area contributed by atoms with Gasteiger partial charge in [-0.25, -0.2) is 9.50 Å². The second kappa shape index (κ2) is 2.70. The van der Waals surface area contributed by atoms with E-state index in [1.165, 1.54) is 0 Å². The van der Waals surface area contributed by atoms with Crippen molar-refractivity contribution < 1.29 is 0 Å². The summed E-state index contributed by atoms with van der Waals surface area (Å²) in [6.45, 7) is 6.42. The maximum Gasteiger partial charge on any atom is 0.157 e. The average molecular weight is 190 g/mol. The van der Waals surface area contributed by atoms with Crippen molar-refractivity contribution >= 4 is 11.5 Å². The Morgan fingerprint density at radius 2 is 2.07 bits per heavy atom. The van der Waals surface area contributed by atoms with Crippen LogP contribution in [0.1, 0.15) is 26.3 Å². The van der Waals surface area contributed by atoms with Crippen molar-refractivity contribution in [3.63, 3.8) is 0 Å². The molecule has 0 saturated heterocycles. The summed E-state index contributed by atoms with van der Waals surface area (Å²) < 4.78 is 1.72. The van der Waals surface area contributed by atoms with Crippen LogP contribution < -0.4 is 5.73 Å². The monoisotopic (exact) mass is 190 g/mol. The molecule has 0 amide bonds. The van der Waals surface area contributed by atoms with Gasteiger partial charge in [0.05, 0.1) is 0 Å². The molecule has 4 nitrogen and oxygen atoms in total. The van der Waals surface area contributed by atoms with E-state index in [0.717, 1.165) is 11.2 Å². The Hall–Kier alpha value is -1.58. The summed E-state index contributed by atoms with van der Waals surface area (Å²) >= 11 is 0. The molecule has 0 aliphatic carbocycles. The summed E-state index contributed by atoms with van der Waals surface area (Å²) in [4.78, 5) is 4.29. The van der Waals surface area contributed by atoms with Crippen LogP contribution in [0.3, 0.4) is 0 Å². The van der Waals surface area contributed by atoms with Crippen LogP contribution in [-0.2, 0) is 5.41 Å². The Kier molecular flexibility index (Phi) is 1.74. The molecule has 2 N–H and O–H groups in total. The Labute approximate surface area is 82.8 Å². The van der Waals surface area contributed by atoms with Gasteiger partial charge in [-0.1, -0.05) is 20.8 Å². The minimum Gasteiger partial charge on any atom is -0.382 e. The molecule has 14 heavy (non-hydrogen) atoms. The van der Waals surface area contributed by atoms with Gasteiger partial charge in [0.2, 0.25) is 0 Å². The van der Waals surface area contributed by atoms with Gasteiger partial charge in [-0.2, -0.15) is 0 Å². The van der Waals surface area contributed by atoms with Crippen molar-refractivity contribution in [3.05, 3.63) is 24.0 Å². The molecule has 0 radical (unpaired) electrons. The van der Waals surface area contributed by atoms with Gasteiger partial charge in [0.1, 0.15) is 5.82 Å². The summed E-state index contributed by atoms with van der Waals surface area (Å²) in [6.07, 6.45) is 3.84. The fraction of sp³-hybridized carbons (Fsp3) is 0.400. The molecule has 0 fully saturated rings. The fourth-order valence-corrected chi connectivity index (χ4v) is 1.28. The summed E-state index contributed by atoms with van der Waals surface area (Å²) in [5.74, 6) is 0.503. The van der Waals surface area contributed by atoms with Crippen LogP contribution in [0.5, 0.6) is 0 Å². The van der Waals surface area contributed by atoms with Crippen molar-refractivity contribution in [2.45, 2.75) is 26.2 Å². The fourth-order valence-electron chi connectivity index (χ4n) is 1.28. The molecule has 2 aromatic heterocycles. The first-order valence-corrected chi connectivity index (χ1v) is 4.58. The van der Waals surface area contributed by atoms with Gasteiger partial charge >= 0.3 is 0 Å². The number of nitrogen functional groups attached to an aromatic ring is 1. The first-order chi connectivity index (χ1) is 6.47. The summed E-state index contributed by atoms with van der Waals surface area (Å²) in [5, 5.41) is 4.12. The predicted octanol–water partition coefficient (Wildman–Crippen LogP) is 1.61. The zero-order valence-corrected chi connectivity index (χ0v) is 8.65. The first kappa shape index (κ1) is 8.99. The third-order valence-corrected chi connectivity index (χ3v) is 2.20. The van der Waals surface area contributed by atoms with Crippen molar-refractivity contribution in [2.24, 2.45) is 0 Å². The summed E-state index contributed by atoms with van der Waals surface area (Å²) in [7, 11) is 0. The summed E-state index contributed by atoms with van der Waals surface area (Å²) in [6, 6.07) is 1.76. The molecule has 0 unspecified atom stereocenters. The van der Waals surface area contributed by atoms with Gasteiger partial charge in [0.25, 0.3) is 0 Å². The summed E-state index contributed by atoms with van der Waals surface area (Å²) in [5.41, 5.74) is 7.60. The molecule has 2 rings (SSSR count). The lowest BCUT2D eigenvalue weighted by atomic mass is 9.89. The number of aromatic nitrogens is 3. The van der Waals surface area contributed by atoms with Crippen LogP contribution in [-0.4, -0.2) is 14.6 Å². The van der Waals surface area contributed by atoms with Crippen molar-refractivity contribution in [2.75, 3.05) is 5.73 Å². The highest BCUT2D eigenvalue weighted by molar-refractivity contribution is 5.47. The number of nitrogens with zero attached hydrogens (tertiary/aromatic N) is 3. The predicted molar refractivity (Wildman–Crippen MR) is 56.1 cm³/mol. The molecule has 0 bridgehead atoms. The van der Waals surface area contributed by atoms with Gasteiger partial charge in [0.15, 0.2) is 5.65 Å². The van der Waals surface area contributed by atoms with E-state index in [9.17, 15) is 0 Å². The Bertz CT molecular complexity index is 464. The van der Waals surface area contributed by atoms with E-state index in [2.05, 4.69) is 30.9 Å². The number of hydrogen-bond donors (Lipinski definition) is 1. The van der Waals surface area contributed by atoms with E-state index in [4.69, 9.17) is 5.73 Å². The minimum atomic E-state index is 0.0852. The van der Waals surface area contributed by atoms with E-state index in [1.54, 1.807) is 10.6 Å². The second-order valence-electron chi connectivity index (χ2n) is 4.46. The number of nitrogens with two attached hydrogens (primary N) is 1. The van der Waals surface area contributed by atoms with Gasteiger partial charge in [-0.15, -0.1) is 5.10 Å². The van der Waals surface area contributed by atoms with E-state index < -0.39 is 0 Å². The Balaban J connectivity index is 2.62. The van der Waals surface area contributed by atoms with Crippen molar-refractivity contribution in [3.8, 4) is 0 Å². The highest BCUT2D eigenvalue weighted by Crippen LogP contribution is 2.21. The van der Waals surface area contributed by atoms with Gasteiger partial charge in [0, 0.05) is 18.5 Å². The van der Waals surface area contributed by atoms with E-state index in [1.807, 2.05) is 12.4 Å². The lowest BCUT2D eigenvalue weighted by Crippen LogP contribution is -2.12. The second-order valence-corrected chi connectivity index (χ2v) is 4.46. The molecule has 74 valence electrons. The topological polar surface area (TPSA) is 56.2 Å². The maximum atomic E-state index is 5.58. The van der Waals surface area contributed by atoms with Crippen LogP contribution in [0, 0.1) is 0 Å². The molecule has 2 heterocycles. The van der Waals surface area contributed by atoms with Crippen LogP contribution in [0.15, 0.2) is 18.5 Å². The lowest BCUT2D eigenvalue weighted by molar-refractivity contribution is 0.581. The highest BCUT2D eigenvalue weighted by atomic mass is 15.3. The zero-order chi connectivity index (χ0) is 10.3. The van der Waals surface area contributed by atoms with Gasteiger partial charge in [-0.05, 0) is 11.0 Å². The van der Waals surface area contributed by atoms with Gasteiger partial charge < -0.3 is 5.73 Å². The molecule has 4 heteroatoms. The van der Waals surface area contributed by atoms with Crippen molar-refractivity contribution in [1.29, 1.82) is 0 Å². The van der Waals surface area contributed by atoms with Gasteiger partial charge in [-0.3, -0.25) is 0 Å². The normalized spacial score (nSPS) is 12.2. The Morgan fingerprint density at radius 1 is 1.36 bits per heavy atom. The van der Waals surface area contributed by atoms with E-state index in [0.29, 0.717) is 5.82 Å². The quantitative estimate of drug-likeness (QED) is 0.686. The number of anilines is 1. The number of fused-ring (bicyclic) bond motifs is 1. The maximum absolute atomic E-state index is 5.58. The lowest BCUT2D eigenvalue weighted by Gasteiger charge is -2.17. The Morgan fingerprint density at radius 3 is 2.71 bits per heavy atom. The number of rotatable bonds is 0. The van der Waals surface area contributed by atoms with Crippen LogP contribution in [0.25, 0.3) is 5.65 Å². The molecule has 0 aliphatic heterocycles. The molecular formula is C10H14N4. The molecule has 0 atom stereocenters. The van der Waals surface area contributed by atoms with E-state index >= 15 is 0 Å².